The predicted molar refractivity (Wildman–Crippen MR) is 67.4 cm³/mol. The van der Waals surface area contributed by atoms with E-state index in [4.69, 9.17) is 4.74 Å². The van der Waals surface area contributed by atoms with Gasteiger partial charge in [0, 0.05) is 17.7 Å². The molecule has 0 spiro atoms. The lowest BCUT2D eigenvalue weighted by molar-refractivity contribution is -0.115. The molecule has 0 atom stereocenters. The van der Waals surface area contributed by atoms with Gasteiger partial charge in [0.15, 0.2) is 0 Å². The van der Waals surface area contributed by atoms with Crippen LogP contribution in [0.25, 0.3) is 0 Å². The van der Waals surface area contributed by atoms with E-state index in [9.17, 15) is 4.79 Å². The molecule has 0 aliphatic carbocycles. The molecule has 0 fully saturated rings. The van der Waals surface area contributed by atoms with E-state index in [-0.39, 0.29) is 11.5 Å². The van der Waals surface area contributed by atoms with Crippen molar-refractivity contribution in [3.63, 3.8) is 0 Å². The number of rotatable bonds is 3. The van der Waals surface area contributed by atoms with Crippen LogP contribution in [-0.2, 0) is 11.2 Å². The highest BCUT2D eigenvalue weighted by molar-refractivity contribution is 5.92. The van der Waals surface area contributed by atoms with Crippen LogP contribution >= 0.6 is 0 Å². The lowest BCUT2D eigenvalue weighted by Gasteiger charge is -2.16. The molecule has 2 N–H and O–H groups in total. The van der Waals surface area contributed by atoms with Gasteiger partial charge >= 0.3 is 0 Å². The normalized spacial score (nSPS) is 16.2. The maximum Gasteiger partial charge on any atom is 0.238 e. The first-order valence-electron chi connectivity index (χ1n) is 5.76. The van der Waals surface area contributed by atoms with Crippen LogP contribution in [0.1, 0.15) is 19.4 Å². The van der Waals surface area contributed by atoms with Crippen LogP contribution in [0.15, 0.2) is 18.2 Å². The molecule has 0 radical (unpaired) electrons. The number of carbonyl (C=O) groups excluding carboxylic acids is 1. The Bertz CT molecular complexity index is 441. The molecule has 1 amide bonds. The molecule has 1 aliphatic heterocycles. The SMILES string of the molecule is CNCC(=O)Nc1ccc2c(c1)CC(C)(C)O2. The van der Waals surface area contributed by atoms with Gasteiger partial charge in [0.05, 0.1) is 6.54 Å². The van der Waals surface area contributed by atoms with Gasteiger partial charge in [-0.15, -0.1) is 0 Å². The zero-order chi connectivity index (χ0) is 12.5. The molecule has 0 saturated heterocycles. The van der Waals surface area contributed by atoms with Crippen molar-refractivity contribution in [2.75, 3.05) is 18.9 Å². The molecule has 92 valence electrons. The quantitative estimate of drug-likeness (QED) is 0.834. The first-order valence-corrected chi connectivity index (χ1v) is 5.76. The lowest BCUT2D eigenvalue weighted by Crippen LogP contribution is -2.25. The molecule has 4 nitrogen and oxygen atoms in total. The molecule has 1 aromatic rings. The van der Waals surface area contributed by atoms with Gasteiger partial charge in [-0.1, -0.05) is 0 Å². The van der Waals surface area contributed by atoms with E-state index in [2.05, 4.69) is 24.5 Å². The number of amides is 1. The first-order chi connectivity index (χ1) is 8.00. The third-order valence-corrected chi connectivity index (χ3v) is 2.68. The fourth-order valence-corrected chi connectivity index (χ4v) is 2.05. The summed E-state index contributed by atoms with van der Waals surface area (Å²) >= 11 is 0. The minimum Gasteiger partial charge on any atom is -0.487 e. The van der Waals surface area contributed by atoms with Crippen LogP contribution in [0.4, 0.5) is 5.69 Å². The van der Waals surface area contributed by atoms with Gasteiger partial charge in [0.2, 0.25) is 5.91 Å². The van der Waals surface area contributed by atoms with Crippen LogP contribution in [-0.4, -0.2) is 25.1 Å². The predicted octanol–water partition coefficient (Wildman–Crippen LogP) is 1.56. The van der Waals surface area contributed by atoms with Crippen molar-refractivity contribution in [2.24, 2.45) is 0 Å². The second-order valence-corrected chi connectivity index (χ2v) is 4.94. The minimum atomic E-state index is -0.143. The fourth-order valence-electron chi connectivity index (χ4n) is 2.05. The Balaban J connectivity index is 2.11. The highest BCUT2D eigenvalue weighted by Crippen LogP contribution is 2.36. The third-order valence-electron chi connectivity index (χ3n) is 2.68. The monoisotopic (exact) mass is 234 g/mol. The highest BCUT2D eigenvalue weighted by atomic mass is 16.5. The number of hydrogen-bond acceptors (Lipinski definition) is 3. The van der Waals surface area contributed by atoms with Crippen molar-refractivity contribution in [1.82, 2.24) is 5.32 Å². The second kappa shape index (κ2) is 4.37. The van der Waals surface area contributed by atoms with E-state index in [0.717, 1.165) is 23.4 Å². The number of anilines is 1. The average Bonchev–Trinajstić information content (AvgIpc) is 2.51. The van der Waals surface area contributed by atoms with Gasteiger partial charge in [-0.25, -0.2) is 0 Å². The maximum atomic E-state index is 11.4. The largest absolute Gasteiger partial charge is 0.487 e. The van der Waals surface area contributed by atoms with Gasteiger partial charge in [-0.2, -0.15) is 0 Å². The Morgan fingerprint density at radius 2 is 2.24 bits per heavy atom. The smallest absolute Gasteiger partial charge is 0.238 e. The number of benzene rings is 1. The number of hydrogen-bond donors (Lipinski definition) is 2. The van der Waals surface area contributed by atoms with Crippen molar-refractivity contribution in [1.29, 1.82) is 0 Å². The summed E-state index contributed by atoms with van der Waals surface area (Å²) < 4.78 is 5.78. The molecule has 1 aromatic carbocycles. The van der Waals surface area contributed by atoms with E-state index in [0.29, 0.717) is 6.54 Å². The first kappa shape index (κ1) is 11.9. The van der Waals surface area contributed by atoms with Crippen LogP contribution in [0.3, 0.4) is 0 Å². The highest BCUT2D eigenvalue weighted by Gasteiger charge is 2.29. The Morgan fingerprint density at radius 3 is 2.94 bits per heavy atom. The number of ether oxygens (including phenoxy) is 1. The molecule has 0 bridgehead atoms. The van der Waals surface area contributed by atoms with Gasteiger partial charge in [-0.3, -0.25) is 4.79 Å². The topological polar surface area (TPSA) is 50.4 Å². The summed E-state index contributed by atoms with van der Waals surface area (Å²) in [6.07, 6.45) is 0.873. The van der Waals surface area contributed by atoms with Gasteiger partial charge in [0.25, 0.3) is 0 Å². The van der Waals surface area contributed by atoms with Crippen molar-refractivity contribution in [3.8, 4) is 5.75 Å². The number of nitrogens with one attached hydrogen (secondary N) is 2. The van der Waals surface area contributed by atoms with E-state index in [1.807, 2.05) is 18.2 Å². The van der Waals surface area contributed by atoms with Gasteiger partial charge < -0.3 is 15.4 Å². The lowest BCUT2D eigenvalue weighted by atomic mass is 10.0. The zero-order valence-electron chi connectivity index (χ0n) is 10.5. The van der Waals surface area contributed by atoms with Gasteiger partial charge in [0.1, 0.15) is 11.4 Å². The van der Waals surface area contributed by atoms with Crippen molar-refractivity contribution in [2.45, 2.75) is 25.9 Å². The van der Waals surface area contributed by atoms with E-state index >= 15 is 0 Å². The Hall–Kier alpha value is -1.55. The Labute approximate surface area is 101 Å². The zero-order valence-corrected chi connectivity index (χ0v) is 10.5. The van der Waals surface area contributed by atoms with Crippen LogP contribution in [0.5, 0.6) is 5.75 Å². The summed E-state index contributed by atoms with van der Waals surface area (Å²) in [5.74, 6) is 0.882. The third kappa shape index (κ3) is 2.77. The minimum absolute atomic E-state index is 0.0365. The van der Waals surface area contributed by atoms with Crippen LogP contribution < -0.4 is 15.4 Å². The summed E-state index contributed by atoms with van der Waals surface area (Å²) in [4.78, 5) is 11.4. The van der Waals surface area contributed by atoms with Crippen molar-refractivity contribution >= 4 is 11.6 Å². The standard InChI is InChI=1S/C13H18N2O2/c1-13(2)7-9-6-10(4-5-11(9)17-13)15-12(16)8-14-3/h4-6,14H,7-8H2,1-3H3,(H,15,16). The van der Waals surface area contributed by atoms with Crippen molar-refractivity contribution < 1.29 is 9.53 Å². The van der Waals surface area contributed by atoms with Gasteiger partial charge in [-0.05, 0) is 39.1 Å². The molecule has 2 rings (SSSR count). The molecule has 0 saturated carbocycles. The summed E-state index contributed by atoms with van der Waals surface area (Å²) in [6.45, 7) is 4.44. The Morgan fingerprint density at radius 1 is 1.47 bits per heavy atom. The Kier molecular flexibility index (Phi) is 3.07. The molecule has 4 heteroatoms. The van der Waals surface area contributed by atoms with E-state index < -0.39 is 0 Å². The molecule has 0 aromatic heterocycles. The average molecular weight is 234 g/mol. The molecular weight excluding hydrogens is 216 g/mol. The second-order valence-electron chi connectivity index (χ2n) is 4.94. The van der Waals surface area contributed by atoms with Crippen LogP contribution in [0.2, 0.25) is 0 Å². The van der Waals surface area contributed by atoms with Crippen molar-refractivity contribution in [3.05, 3.63) is 23.8 Å². The molecular formula is C13H18N2O2. The van der Waals surface area contributed by atoms with Crippen LogP contribution in [0, 0.1) is 0 Å². The summed E-state index contributed by atoms with van der Waals surface area (Å²) in [5, 5.41) is 5.66. The fraction of sp³-hybridized carbons (Fsp3) is 0.462. The number of likely N-dealkylation sites (N-methyl/N-ethyl adjacent to an activating group) is 1. The van der Waals surface area contributed by atoms with E-state index in [1.54, 1.807) is 7.05 Å². The summed E-state index contributed by atoms with van der Waals surface area (Å²) in [5.41, 5.74) is 1.83. The molecule has 1 heterocycles. The molecule has 17 heavy (non-hydrogen) atoms. The molecule has 0 unspecified atom stereocenters. The molecule has 1 aliphatic rings. The summed E-state index contributed by atoms with van der Waals surface area (Å²) in [6, 6.07) is 5.77. The summed E-state index contributed by atoms with van der Waals surface area (Å²) in [7, 11) is 1.75. The number of carbonyl (C=O) groups is 1. The van der Waals surface area contributed by atoms with E-state index in [1.165, 1.54) is 0 Å². The number of fused-ring (bicyclic) bond motifs is 1. The maximum absolute atomic E-state index is 11.4.